The van der Waals surface area contributed by atoms with Gasteiger partial charge in [-0.1, -0.05) is 6.92 Å². The summed E-state index contributed by atoms with van der Waals surface area (Å²) in [6, 6.07) is 1.56. The molecule has 0 saturated carbocycles. The second-order valence-corrected chi connectivity index (χ2v) is 8.00. The van der Waals surface area contributed by atoms with E-state index < -0.39 is 15.9 Å². The van der Waals surface area contributed by atoms with Crippen molar-refractivity contribution in [1.82, 2.24) is 14.2 Å². The number of nitrogens with zero attached hydrogens (tertiary/aromatic N) is 2. The topological polar surface area (TPSA) is 97.4 Å². The summed E-state index contributed by atoms with van der Waals surface area (Å²) in [6.07, 6.45) is 1.41. The highest BCUT2D eigenvalue weighted by molar-refractivity contribution is 7.89. The van der Waals surface area contributed by atoms with Crippen LogP contribution in [-0.4, -0.2) is 49.0 Å². The Labute approximate surface area is 131 Å². The summed E-state index contributed by atoms with van der Waals surface area (Å²) >= 11 is 0. The maximum absolute atomic E-state index is 12.5. The Balaban J connectivity index is 2.18. The monoisotopic (exact) mass is 328 g/mol. The zero-order valence-electron chi connectivity index (χ0n) is 13.4. The van der Waals surface area contributed by atoms with Crippen molar-refractivity contribution in [2.24, 2.45) is 18.7 Å². The molecule has 8 heteroatoms. The molecule has 0 spiro atoms. The van der Waals surface area contributed by atoms with Crippen LogP contribution in [0.4, 0.5) is 0 Å². The molecule has 124 valence electrons. The molecule has 1 fully saturated rings. The van der Waals surface area contributed by atoms with Crippen LogP contribution in [0.2, 0.25) is 0 Å². The van der Waals surface area contributed by atoms with E-state index >= 15 is 0 Å². The number of primary amides is 1. The van der Waals surface area contributed by atoms with Crippen molar-refractivity contribution >= 4 is 15.9 Å². The molecule has 22 heavy (non-hydrogen) atoms. The first-order chi connectivity index (χ1) is 10.1. The van der Waals surface area contributed by atoms with Crippen LogP contribution in [0.25, 0.3) is 0 Å². The third-order valence-electron chi connectivity index (χ3n) is 4.22. The van der Waals surface area contributed by atoms with Gasteiger partial charge in [0, 0.05) is 38.4 Å². The molecule has 7 nitrogen and oxygen atoms in total. The van der Waals surface area contributed by atoms with E-state index in [4.69, 9.17) is 5.73 Å². The Morgan fingerprint density at radius 2 is 2.05 bits per heavy atom. The number of hydrogen-bond acceptors (Lipinski definition) is 4. The lowest BCUT2D eigenvalue weighted by Crippen LogP contribution is -2.40. The van der Waals surface area contributed by atoms with Crippen LogP contribution in [-0.2, 0) is 17.1 Å². The third kappa shape index (κ3) is 3.34. The zero-order chi connectivity index (χ0) is 16.7. The van der Waals surface area contributed by atoms with Crippen molar-refractivity contribution in [2.45, 2.75) is 37.8 Å². The number of carbonyl (C=O) groups is 1. The summed E-state index contributed by atoms with van der Waals surface area (Å²) < 4.78 is 29.2. The van der Waals surface area contributed by atoms with Crippen molar-refractivity contribution in [1.29, 1.82) is 0 Å². The summed E-state index contributed by atoms with van der Waals surface area (Å²) in [4.78, 5) is 13.6. The molecule has 0 radical (unpaired) electrons. The molecular formula is C14H24N4O3S. The summed E-state index contributed by atoms with van der Waals surface area (Å²) in [5.74, 6) is -0.416. The highest BCUT2D eigenvalue weighted by Gasteiger charge is 2.34. The fourth-order valence-corrected chi connectivity index (χ4v) is 4.18. The molecule has 0 aromatic carbocycles. The molecule has 1 aromatic heterocycles. The Morgan fingerprint density at radius 1 is 1.41 bits per heavy atom. The molecular weight excluding hydrogens is 304 g/mol. The molecule has 2 heterocycles. The van der Waals surface area contributed by atoms with Crippen LogP contribution in [0.3, 0.4) is 0 Å². The van der Waals surface area contributed by atoms with Crippen molar-refractivity contribution in [3.8, 4) is 0 Å². The van der Waals surface area contributed by atoms with E-state index in [9.17, 15) is 13.2 Å². The van der Waals surface area contributed by atoms with Crippen LogP contribution < -0.4 is 10.5 Å². The van der Waals surface area contributed by atoms with Gasteiger partial charge in [0.2, 0.25) is 10.0 Å². The van der Waals surface area contributed by atoms with Crippen molar-refractivity contribution in [3.05, 3.63) is 18.0 Å². The van der Waals surface area contributed by atoms with Gasteiger partial charge in [-0.15, -0.1) is 0 Å². The van der Waals surface area contributed by atoms with Gasteiger partial charge in [-0.05, 0) is 25.8 Å². The lowest BCUT2D eigenvalue weighted by Gasteiger charge is -2.20. The first kappa shape index (κ1) is 17.0. The molecule has 1 aromatic rings. The van der Waals surface area contributed by atoms with Gasteiger partial charge in [-0.2, -0.15) is 0 Å². The van der Waals surface area contributed by atoms with Crippen LogP contribution in [0.1, 0.15) is 31.3 Å². The molecule has 2 rings (SSSR count). The maximum Gasteiger partial charge on any atom is 0.265 e. The molecule has 3 N–H and O–H groups in total. The molecule has 1 saturated heterocycles. The maximum atomic E-state index is 12.5. The van der Waals surface area contributed by atoms with Crippen molar-refractivity contribution < 1.29 is 13.2 Å². The van der Waals surface area contributed by atoms with E-state index in [-0.39, 0.29) is 22.5 Å². The van der Waals surface area contributed by atoms with E-state index in [1.165, 1.54) is 16.8 Å². The number of nitrogens with two attached hydrogens (primary N) is 1. The predicted octanol–water partition coefficient (Wildman–Crippen LogP) is 0.131. The second-order valence-electron chi connectivity index (χ2n) is 6.29. The molecule has 0 unspecified atom stereocenters. The van der Waals surface area contributed by atoms with Crippen molar-refractivity contribution in [3.63, 3.8) is 0 Å². The van der Waals surface area contributed by atoms with Crippen LogP contribution in [0.15, 0.2) is 17.2 Å². The predicted molar refractivity (Wildman–Crippen MR) is 83.9 cm³/mol. The van der Waals surface area contributed by atoms with Gasteiger partial charge in [-0.3, -0.25) is 9.69 Å². The van der Waals surface area contributed by atoms with E-state index in [1.54, 1.807) is 7.05 Å². The summed E-state index contributed by atoms with van der Waals surface area (Å²) in [5.41, 5.74) is 5.40. The Kier molecular flexibility index (Phi) is 4.65. The number of likely N-dealkylation sites (tertiary alicyclic amines) is 1. The third-order valence-corrected chi connectivity index (χ3v) is 5.68. The first-order valence-corrected chi connectivity index (χ1v) is 8.82. The van der Waals surface area contributed by atoms with Gasteiger partial charge >= 0.3 is 0 Å². The van der Waals surface area contributed by atoms with Crippen LogP contribution >= 0.6 is 0 Å². The Morgan fingerprint density at radius 3 is 2.50 bits per heavy atom. The fourth-order valence-electron chi connectivity index (χ4n) is 2.77. The highest BCUT2D eigenvalue weighted by atomic mass is 32.2. The summed E-state index contributed by atoms with van der Waals surface area (Å²) in [6.45, 7) is 7.79. The first-order valence-electron chi connectivity index (χ1n) is 7.34. The average Bonchev–Trinajstić information content (AvgIpc) is 2.94. The molecule has 1 amide bonds. The number of hydrogen-bond donors (Lipinski definition) is 2. The van der Waals surface area contributed by atoms with Gasteiger partial charge in [-0.25, -0.2) is 13.1 Å². The SMILES string of the molecule is CC(C)N1C[C@@H](C)[C@@H](NS(=O)(=O)c2cc(C(N)=O)n(C)c2)C1. The lowest BCUT2D eigenvalue weighted by molar-refractivity contribution is 0.0992. The minimum absolute atomic E-state index is 0.0685. The summed E-state index contributed by atoms with van der Waals surface area (Å²) in [5, 5.41) is 0. The number of nitrogens with one attached hydrogen (secondary N) is 1. The van der Waals surface area contributed by atoms with Gasteiger partial charge in [0.1, 0.15) is 10.6 Å². The minimum atomic E-state index is -3.67. The van der Waals surface area contributed by atoms with Gasteiger partial charge in [0.25, 0.3) is 5.91 Å². The number of aryl methyl sites for hydroxylation is 1. The van der Waals surface area contributed by atoms with Crippen LogP contribution in [0.5, 0.6) is 0 Å². The van der Waals surface area contributed by atoms with Gasteiger partial charge in [0.15, 0.2) is 0 Å². The average molecular weight is 328 g/mol. The second kappa shape index (κ2) is 6.02. The van der Waals surface area contributed by atoms with E-state index in [0.29, 0.717) is 12.6 Å². The molecule has 2 atom stereocenters. The Bertz CT molecular complexity index is 666. The quantitative estimate of drug-likeness (QED) is 0.803. The fraction of sp³-hybridized carbons (Fsp3) is 0.643. The zero-order valence-corrected chi connectivity index (χ0v) is 14.2. The lowest BCUT2D eigenvalue weighted by atomic mass is 10.1. The van der Waals surface area contributed by atoms with Crippen LogP contribution in [0, 0.1) is 5.92 Å². The van der Waals surface area contributed by atoms with Gasteiger partial charge in [0.05, 0.1) is 0 Å². The molecule has 1 aliphatic rings. The van der Waals surface area contributed by atoms with E-state index in [1.807, 2.05) is 6.92 Å². The highest BCUT2D eigenvalue weighted by Crippen LogP contribution is 2.21. The number of sulfonamides is 1. The number of carbonyl (C=O) groups excluding carboxylic acids is 1. The number of amides is 1. The molecule has 0 aliphatic carbocycles. The molecule has 1 aliphatic heterocycles. The largest absolute Gasteiger partial charge is 0.364 e. The smallest absolute Gasteiger partial charge is 0.265 e. The minimum Gasteiger partial charge on any atom is -0.364 e. The summed E-state index contributed by atoms with van der Waals surface area (Å²) in [7, 11) is -2.07. The number of rotatable bonds is 5. The normalized spacial score (nSPS) is 23.3. The van der Waals surface area contributed by atoms with Crippen molar-refractivity contribution in [2.75, 3.05) is 13.1 Å². The van der Waals surface area contributed by atoms with E-state index in [2.05, 4.69) is 23.5 Å². The van der Waals surface area contributed by atoms with E-state index in [0.717, 1.165) is 6.54 Å². The molecule has 0 bridgehead atoms. The Hall–Kier alpha value is -1.38. The van der Waals surface area contributed by atoms with Gasteiger partial charge < -0.3 is 10.3 Å². The number of aromatic nitrogens is 1. The standard InChI is InChI=1S/C14H24N4O3S/c1-9(2)18-6-10(3)12(8-18)16-22(20,21)11-5-13(14(15)19)17(4)7-11/h5,7,9-10,12,16H,6,8H2,1-4H3,(H2,15,19)/t10-,12+/m1/s1.